The van der Waals surface area contributed by atoms with Crippen LogP contribution < -0.4 is 15.8 Å². The summed E-state index contributed by atoms with van der Waals surface area (Å²) in [4.78, 5) is 41.5. The largest absolute Gasteiger partial charge is 0.510 e. The fourth-order valence-corrected chi connectivity index (χ4v) is 7.58. The molecule has 250 valence electrons. The number of Topliss-reactive ketones (excluding diaryl/α,β-unsaturated/α-hetero) is 2. The van der Waals surface area contributed by atoms with E-state index in [4.69, 9.17) is 10.5 Å². The third-order valence-corrected chi connectivity index (χ3v) is 9.71. The van der Waals surface area contributed by atoms with Crippen molar-refractivity contribution in [3.05, 3.63) is 105 Å². The summed E-state index contributed by atoms with van der Waals surface area (Å²) < 4.78 is 19.3. The number of nitrogens with one attached hydrogen (secondary N) is 1. The van der Waals surface area contributed by atoms with E-state index in [-0.39, 0.29) is 35.5 Å². The molecule has 48 heavy (non-hydrogen) atoms. The molecule has 0 spiro atoms. The molecule has 3 aromatic carbocycles. The zero-order chi connectivity index (χ0) is 34.7. The molecule has 0 fully saturated rings. The lowest BCUT2D eigenvalue weighted by molar-refractivity contribution is -0.148. The van der Waals surface area contributed by atoms with Crippen LogP contribution in [0.25, 0.3) is 11.1 Å². The molecule has 7 N–H and O–H groups in total. The van der Waals surface area contributed by atoms with Crippen LogP contribution in [0.1, 0.15) is 33.5 Å². The number of aromatic hydroxyl groups is 1. The predicted octanol–water partition coefficient (Wildman–Crippen LogP) is 3.23. The number of allylic oxidation sites excluding steroid dienone is 1. The number of methoxy groups -OCH3 is 1. The molecule has 0 unspecified atom stereocenters. The molecule has 3 aliphatic carbocycles. The highest BCUT2D eigenvalue weighted by Crippen LogP contribution is 2.53. The summed E-state index contributed by atoms with van der Waals surface area (Å²) in [6.07, 6.45) is 0.103. The molecule has 6 rings (SSSR count). The van der Waals surface area contributed by atoms with Crippen LogP contribution in [0.5, 0.6) is 11.5 Å². The Morgan fingerprint density at radius 3 is 2.40 bits per heavy atom. The Morgan fingerprint density at radius 2 is 1.75 bits per heavy atom. The van der Waals surface area contributed by atoms with Crippen molar-refractivity contribution in [2.24, 2.45) is 17.6 Å². The second kappa shape index (κ2) is 12.2. The fourth-order valence-electron chi connectivity index (χ4n) is 7.58. The number of ether oxygens (including phenoxy) is 1. The van der Waals surface area contributed by atoms with Gasteiger partial charge in [-0.15, -0.1) is 0 Å². The number of nitrogens with two attached hydrogens (primary N) is 1. The second-order valence-corrected chi connectivity index (χ2v) is 12.7. The molecule has 0 saturated heterocycles. The van der Waals surface area contributed by atoms with E-state index in [2.05, 4.69) is 5.32 Å². The molecule has 0 aliphatic heterocycles. The van der Waals surface area contributed by atoms with Gasteiger partial charge >= 0.3 is 0 Å². The molecule has 1 amide bonds. The first-order valence-electron chi connectivity index (χ1n) is 15.4. The van der Waals surface area contributed by atoms with Gasteiger partial charge in [-0.05, 0) is 85.4 Å². The van der Waals surface area contributed by atoms with Crippen LogP contribution in [0.15, 0.2) is 77.3 Å². The predicted molar refractivity (Wildman–Crippen MR) is 173 cm³/mol. The minimum atomic E-state index is -2.71. The number of fused-ring (bicyclic) bond motifs is 3. The normalized spacial score (nSPS) is 23.6. The first-order chi connectivity index (χ1) is 22.8. The van der Waals surface area contributed by atoms with Gasteiger partial charge in [-0.25, -0.2) is 4.39 Å². The van der Waals surface area contributed by atoms with Gasteiger partial charge in [0.15, 0.2) is 11.4 Å². The third kappa shape index (κ3) is 5.13. The number of primary amides is 1. The maximum absolute atomic E-state index is 14.2. The zero-order valence-electron chi connectivity index (χ0n) is 26.6. The van der Waals surface area contributed by atoms with Crippen LogP contribution in [0.2, 0.25) is 0 Å². The molecule has 0 heterocycles. The zero-order valence-corrected chi connectivity index (χ0v) is 26.6. The molecule has 3 aromatic rings. The summed E-state index contributed by atoms with van der Waals surface area (Å²) in [5, 5.41) is 48.7. The highest BCUT2D eigenvalue weighted by atomic mass is 19.1. The van der Waals surface area contributed by atoms with Gasteiger partial charge in [0, 0.05) is 30.1 Å². The minimum absolute atomic E-state index is 0.0258. The Kier molecular flexibility index (Phi) is 8.36. The molecule has 4 atom stereocenters. The molecule has 0 aromatic heterocycles. The van der Waals surface area contributed by atoms with E-state index >= 15 is 0 Å². The van der Waals surface area contributed by atoms with E-state index in [0.717, 1.165) is 11.1 Å². The van der Waals surface area contributed by atoms with Gasteiger partial charge < -0.3 is 36.2 Å². The molecule has 12 heteroatoms. The number of benzene rings is 3. The number of hydrogen-bond acceptors (Lipinski definition) is 10. The van der Waals surface area contributed by atoms with Gasteiger partial charge in [0.25, 0.3) is 5.91 Å². The lowest BCUT2D eigenvalue weighted by atomic mass is 9.58. The van der Waals surface area contributed by atoms with E-state index in [1.165, 1.54) is 30.2 Å². The van der Waals surface area contributed by atoms with Crippen molar-refractivity contribution in [2.45, 2.75) is 37.6 Å². The maximum atomic E-state index is 14.2. The average Bonchev–Trinajstić information content (AvgIpc) is 3.02. The number of ketones is 2. The molecule has 0 saturated carbocycles. The quantitative estimate of drug-likeness (QED) is 0.197. The Labute approximate surface area is 275 Å². The molecular weight excluding hydrogens is 621 g/mol. The molecule has 0 bridgehead atoms. The topological polar surface area (TPSA) is 183 Å². The van der Waals surface area contributed by atoms with Crippen molar-refractivity contribution in [2.75, 3.05) is 21.2 Å². The van der Waals surface area contributed by atoms with Crippen LogP contribution in [-0.2, 0) is 29.1 Å². The van der Waals surface area contributed by atoms with Gasteiger partial charge in [0.1, 0.15) is 34.4 Å². The number of aliphatic hydroxyl groups is 3. The minimum Gasteiger partial charge on any atom is -0.510 e. The van der Waals surface area contributed by atoms with Crippen molar-refractivity contribution >= 4 is 17.5 Å². The lowest BCUT2D eigenvalue weighted by Crippen LogP contribution is -2.63. The Balaban J connectivity index is 1.42. The number of phenolic OH excluding ortho intramolecular Hbond substituents is 1. The fraction of sp³-hybridized carbons (Fsp3) is 0.306. The van der Waals surface area contributed by atoms with E-state index in [1.54, 1.807) is 32.3 Å². The molecular formula is C36H36FN3O8. The number of amides is 1. The average molecular weight is 658 g/mol. The first-order valence-corrected chi connectivity index (χ1v) is 15.4. The monoisotopic (exact) mass is 657 g/mol. The smallest absolute Gasteiger partial charge is 0.255 e. The molecule has 3 aliphatic rings. The van der Waals surface area contributed by atoms with E-state index < -0.39 is 58.0 Å². The number of rotatable bonds is 8. The second-order valence-electron chi connectivity index (χ2n) is 12.7. The highest BCUT2D eigenvalue weighted by molar-refractivity contribution is 6.25. The van der Waals surface area contributed by atoms with Gasteiger partial charge in [-0.3, -0.25) is 19.3 Å². The van der Waals surface area contributed by atoms with Crippen molar-refractivity contribution in [3.63, 3.8) is 0 Å². The Morgan fingerprint density at radius 1 is 1.04 bits per heavy atom. The number of carbonyl (C=O) groups is 3. The van der Waals surface area contributed by atoms with Crippen molar-refractivity contribution in [3.8, 4) is 22.6 Å². The van der Waals surface area contributed by atoms with E-state index in [1.807, 2.05) is 18.2 Å². The van der Waals surface area contributed by atoms with Gasteiger partial charge in [-0.1, -0.05) is 24.3 Å². The van der Waals surface area contributed by atoms with Gasteiger partial charge in [0.2, 0.25) is 5.78 Å². The number of likely N-dealkylation sites (N-methyl/N-ethyl adjacent to an activating group) is 1. The molecule has 0 radical (unpaired) electrons. The van der Waals surface area contributed by atoms with Crippen LogP contribution >= 0.6 is 0 Å². The Bertz CT molecular complexity index is 1940. The van der Waals surface area contributed by atoms with Crippen LogP contribution in [0.4, 0.5) is 4.39 Å². The highest BCUT2D eigenvalue weighted by Gasteiger charge is 2.63. The van der Waals surface area contributed by atoms with E-state index in [9.17, 15) is 39.2 Å². The SMILES string of the molecule is COc1ccc(CNCc2cccc(F)c2)cc1-c1ccc(O)c2c1C[C@@H]1C[C@H]3[C@H](N(C)C)C(O)=C(C(N)=O)C(=O)[C@@]3(O)C(O)=C1C2=O. The Hall–Kier alpha value is -5.04. The van der Waals surface area contributed by atoms with Crippen molar-refractivity contribution in [1.29, 1.82) is 0 Å². The number of halogens is 1. The summed E-state index contributed by atoms with van der Waals surface area (Å²) in [6.45, 7) is 0.860. The standard InChI is InChI=1S/C36H36FN3O8/c1-40(2)30-24-14-19-13-23-21(22-12-18(7-10-26(22)48-3)16-39-15-17-5-4-6-20(37)11-17)8-9-25(41)28(23)31(42)27(19)33(44)36(24,47)34(45)29(32(30)43)35(38)46/h4-12,19,24,30,39,41,43-44,47H,13-16H2,1-3H3,(H2,38,46)/t19-,24+,30+,36+/m1/s1. The summed E-state index contributed by atoms with van der Waals surface area (Å²) in [5.41, 5.74) is 4.89. The van der Waals surface area contributed by atoms with E-state index in [0.29, 0.717) is 35.5 Å². The third-order valence-electron chi connectivity index (χ3n) is 9.71. The maximum Gasteiger partial charge on any atom is 0.255 e. The van der Waals surface area contributed by atoms with Crippen molar-refractivity contribution in [1.82, 2.24) is 10.2 Å². The number of hydrogen-bond donors (Lipinski definition) is 6. The summed E-state index contributed by atoms with van der Waals surface area (Å²) in [7, 11) is 4.67. The van der Waals surface area contributed by atoms with Crippen LogP contribution in [-0.4, -0.2) is 75.6 Å². The van der Waals surface area contributed by atoms with Crippen LogP contribution in [0.3, 0.4) is 0 Å². The number of nitrogens with zero attached hydrogens (tertiary/aromatic N) is 1. The molecule has 11 nitrogen and oxygen atoms in total. The van der Waals surface area contributed by atoms with Crippen LogP contribution in [0, 0.1) is 17.7 Å². The number of phenols is 1. The first kappa shape index (κ1) is 32.9. The number of carbonyl (C=O) groups excluding carboxylic acids is 3. The number of aliphatic hydroxyl groups excluding tert-OH is 2. The lowest BCUT2D eigenvalue weighted by Gasteiger charge is -2.50. The summed E-state index contributed by atoms with van der Waals surface area (Å²) in [6, 6.07) is 13.8. The van der Waals surface area contributed by atoms with Gasteiger partial charge in [-0.2, -0.15) is 0 Å². The van der Waals surface area contributed by atoms with Gasteiger partial charge in [0.05, 0.1) is 18.7 Å². The summed E-state index contributed by atoms with van der Waals surface area (Å²) in [5.74, 6) is -6.91. The summed E-state index contributed by atoms with van der Waals surface area (Å²) >= 11 is 0. The van der Waals surface area contributed by atoms with Crippen molar-refractivity contribution < 1.29 is 43.9 Å².